The summed E-state index contributed by atoms with van der Waals surface area (Å²) in [5.41, 5.74) is -0.879. The van der Waals surface area contributed by atoms with Crippen LogP contribution in [0.15, 0.2) is 46.1 Å². The summed E-state index contributed by atoms with van der Waals surface area (Å²) in [4.78, 5) is 11.1. The smallest absolute Gasteiger partial charge is 0.268 e. The Kier molecular flexibility index (Phi) is 5.09. The molecule has 0 aliphatic heterocycles. The van der Waals surface area contributed by atoms with Crippen molar-refractivity contribution in [1.82, 2.24) is 14.5 Å². The van der Waals surface area contributed by atoms with Gasteiger partial charge in [-0.2, -0.15) is 18.3 Å². The second kappa shape index (κ2) is 6.73. The van der Waals surface area contributed by atoms with Gasteiger partial charge in [0.05, 0.1) is 22.7 Å². The molecule has 0 aliphatic rings. The molecule has 6 nitrogen and oxygen atoms in total. The van der Waals surface area contributed by atoms with E-state index in [0.717, 1.165) is 22.9 Å². The van der Waals surface area contributed by atoms with Crippen LogP contribution in [0.25, 0.3) is 0 Å². The van der Waals surface area contributed by atoms with Crippen LogP contribution in [-0.4, -0.2) is 24.7 Å². The zero-order valence-electron chi connectivity index (χ0n) is 12.5. The summed E-state index contributed by atoms with van der Waals surface area (Å²) in [5.74, 6) is 0. The molecule has 0 radical (unpaired) electrons. The lowest BCUT2D eigenvalue weighted by atomic mass is 10.2. The third-order valence-electron chi connectivity index (χ3n) is 3.09. The van der Waals surface area contributed by atoms with E-state index < -0.39 is 32.2 Å². The van der Waals surface area contributed by atoms with Crippen LogP contribution in [0.2, 0.25) is 0 Å². The molecule has 0 saturated heterocycles. The lowest BCUT2D eigenvalue weighted by molar-refractivity contribution is -0.137. The average molecular weight is 361 g/mol. The van der Waals surface area contributed by atoms with Crippen molar-refractivity contribution in [2.45, 2.75) is 24.5 Å². The Morgan fingerprint density at radius 2 is 1.92 bits per heavy atom. The molecule has 0 amide bonds. The van der Waals surface area contributed by atoms with Gasteiger partial charge >= 0.3 is 6.18 Å². The molecular weight excluding hydrogens is 347 g/mol. The topological polar surface area (TPSA) is 81.1 Å². The molecule has 0 aliphatic carbocycles. The zero-order valence-corrected chi connectivity index (χ0v) is 13.4. The van der Waals surface area contributed by atoms with E-state index in [1.165, 1.54) is 12.1 Å². The van der Waals surface area contributed by atoms with E-state index in [2.05, 4.69) is 9.82 Å². The van der Waals surface area contributed by atoms with Crippen molar-refractivity contribution < 1.29 is 21.6 Å². The SMILES string of the molecule is Cc1ccc(=O)n(CCNS(=O)(=O)c2cccc(C(F)(F)F)c2)n1. The minimum Gasteiger partial charge on any atom is -0.268 e. The number of aryl methyl sites for hydroxylation is 1. The Balaban J connectivity index is 2.12. The second-order valence-electron chi connectivity index (χ2n) is 4.96. The number of nitrogens with zero attached hydrogens (tertiary/aromatic N) is 2. The molecular formula is C14H14F3N3O3S. The zero-order chi connectivity index (χ0) is 18.0. The molecule has 0 unspecified atom stereocenters. The maximum atomic E-state index is 12.7. The molecule has 0 spiro atoms. The number of hydrogen-bond acceptors (Lipinski definition) is 4. The predicted octanol–water partition coefficient (Wildman–Crippen LogP) is 1.55. The fourth-order valence-corrected chi connectivity index (χ4v) is 2.99. The Morgan fingerprint density at radius 3 is 2.58 bits per heavy atom. The highest BCUT2D eigenvalue weighted by Gasteiger charge is 2.31. The van der Waals surface area contributed by atoms with Crippen molar-refractivity contribution in [2.24, 2.45) is 0 Å². The highest BCUT2D eigenvalue weighted by molar-refractivity contribution is 7.89. The minimum atomic E-state index is -4.63. The summed E-state index contributed by atoms with van der Waals surface area (Å²) in [6.07, 6.45) is -4.63. The van der Waals surface area contributed by atoms with Crippen molar-refractivity contribution >= 4 is 10.0 Å². The fourth-order valence-electron chi connectivity index (χ4n) is 1.92. The molecule has 1 heterocycles. The third kappa shape index (κ3) is 4.42. The maximum absolute atomic E-state index is 12.7. The molecule has 2 rings (SSSR count). The van der Waals surface area contributed by atoms with Crippen molar-refractivity contribution in [3.05, 3.63) is 58.0 Å². The molecule has 0 saturated carbocycles. The third-order valence-corrected chi connectivity index (χ3v) is 4.55. The number of nitrogens with one attached hydrogen (secondary N) is 1. The molecule has 1 N–H and O–H groups in total. The van der Waals surface area contributed by atoms with Crippen molar-refractivity contribution in [2.75, 3.05) is 6.54 Å². The quantitative estimate of drug-likeness (QED) is 0.876. The highest BCUT2D eigenvalue weighted by atomic mass is 32.2. The van der Waals surface area contributed by atoms with E-state index >= 15 is 0 Å². The molecule has 0 bridgehead atoms. The summed E-state index contributed by atoms with van der Waals surface area (Å²) in [6, 6.07) is 6.24. The van der Waals surface area contributed by atoms with Gasteiger partial charge in [0, 0.05) is 12.6 Å². The van der Waals surface area contributed by atoms with Gasteiger partial charge in [0.1, 0.15) is 0 Å². The normalized spacial score (nSPS) is 12.3. The fraction of sp³-hybridized carbons (Fsp3) is 0.286. The minimum absolute atomic E-state index is 0.0430. The van der Waals surface area contributed by atoms with Crippen LogP contribution >= 0.6 is 0 Å². The first-order chi connectivity index (χ1) is 11.1. The van der Waals surface area contributed by atoms with Gasteiger partial charge in [-0.1, -0.05) is 6.07 Å². The summed E-state index contributed by atoms with van der Waals surface area (Å²) < 4.78 is 65.3. The van der Waals surface area contributed by atoms with Crippen LogP contribution in [0.3, 0.4) is 0 Å². The van der Waals surface area contributed by atoms with E-state index in [1.807, 2.05) is 0 Å². The molecule has 0 fully saturated rings. The standard InChI is InChI=1S/C14H14F3N3O3S/c1-10-5-6-13(21)20(19-10)8-7-18-24(22,23)12-4-2-3-11(9-12)14(15,16)17/h2-6,9,18H,7-8H2,1H3. The maximum Gasteiger partial charge on any atom is 0.416 e. The lowest BCUT2D eigenvalue weighted by Crippen LogP contribution is -2.32. The van der Waals surface area contributed by atoms with E-state index in [9.17, 15) is 26.4 Å². The van der Waals surface area contributed by atoms with Crippen LogP contribution in [0.5, 0.6) is 0 Å². The van der Waals surface area contributed by atoms with Gasteiger partial charge in [-0.15, -0.1) is 0 Å². The molecule has 1 aromatic carbocycles. The lowest BCUT2D eigenvalue weighted by Gasteiger charge is -2.11. The first kappa shape index (κ1) is 18.1. The summed E-state index contributed by atoms with van der Waals surface area (Å²) in [7, 11) is -4.13. The van der Waals surface area contributed by atoms with Crippen molar-refractivity contribution in [3.63, 3.8) is 0 Å². The van der Waals surface area contributed by atoms with Gasteiger partial charge in [0.15, 0.2) is 0 Å². The molecule has 2 aromatic rings. The number of halogens is 3. The number of aromatic nitrogens is 2. The van der Waals surface area contributed by atoms with Crippen LogP contribution in [0, 0.1) is 6.92 Å². The van der Waals surface area contributed by atoms with Crippen LogP contribution < -0.4 is 10.3 Å². The average Bonchev–Trinajstić information content (AvgIpc) is 2.50. The number of hydrogen-bond donors (Lipinski definition) is 1. The van der Waals surface area contributed by atoms with Crippen LogP contribution in [0.4, 0.5) is 13.2 Å². The van der Waals surface area contributed by atoms with Gasteiger partial charge in [-0.3, -0.25) is 4.79 Å². The predicted molar refractivity (Wildman–Crippen MR) is 79.9 cm³/mol. The van der Waals surface area contributed by atoms with Crippen LogP contribution in [0.1, 0.15) is 11.3 Å². The monoisotopic (exact) mass is 361 g/mol. The van der Waals surface area contributed by atoms with Gasteiger partial charge in [0.2, 0.25) is 10.0 Å². The summed E-state index contributed by atoms with van der Waals surface area (Å²) in [5, 5.41) is 3.93. The molecule has 24 heavy (non-hydrogen) atoms. The van der Waals surface area contributed by atoms with Crippen LogP contribution in [-0.2, 0) is 22.7 Å². The second-order valence-corrected chi connectivity index (χ2v) is 6.73. The Hall–Kier alpha value is -2.20. The summed E-state index contributed by atoms with van der Waals surface area (Å²) in [6.45, 7) is 1.44. The molecule has 0 atom stereocenters. The van der Waals surface area contributed by atoms with Crippen molar-refractivity contribution in [3.8, 4) is 0 Å². The van der Waals surface area contributed by atoms with Gasteiger partial charge < -0.3 is 0 Å². The Morgan fingerprint density at radius 1 is 1.21 bits per heavy atom. The van der Waals surface area contributed by atoms with Crippen molar-refractivity contribution in [1.29, 1.82) is 0 Å². The largest absolute Gasteiger partial charge is 0.416 e. The van der Waals surface area contributed by atoms with E-state index in [0.29, 0.717) is 11.8 Å². The van der Waals surface area contributed by atoms with E-state index in [1.54, 1.807) is 6.92 Å². The van der Waals surface area contributed by atoms with Gasteiger partial charge in [-0.05, 0) is 31.2 Å². The Bertz CT molecular complexity index is 892. The number of benzene rings is 1. The number of sulfonamides is 1. The molecule has 10 heteroatoms. The Labute approximate surface area is 136 Å². The first-order valence-corrected chi connectivity index (χ1v) is 8.29. The van der Waals surface area contributed by atoms with E-state index in [-0.39, 0.29) is 13.1 Å². The molecule has 1 aromatic heterocycles. The molecule has 130 valence electrons. The summed E-state index contributed by atoms with van der Waals surface area (Å²) >= 11 is 0. The number of alkyl halides is 3. The van der Waals surface area contributed by atoms with Gasteiger partial charge in [-0.25, -0.2) is 17.8 Å². The highest BCUT2D eigenvalue weighted by Crippen LogP contribution is 2.30. The number of rotatable bonds is 5. The van der Waals surface area contributed by atoms with Gasteiger partial charge in [0.25, 0.3) is 5.56 Å². The van der Waals surface area contributed by atoms with E-state index in [4.69, 9.17) is 0 Å². The first-order valence-electron chi connectivity index (χ1n) is 6.81.